The van der Waals surface area contributed by atoms with E-state index >= 15 is 0 Å². The summed E-state index contributed by atoms with van der Waals surface area (Å²) in [6.45, 7) is 0.352. The molecule has 2 N–H and O–H groups in total. The molecule has 0 spiro atoms. The van der Waals surface area contributed by atoms with Crippen molar-refractivity contribution in [2.45, 2.75) is 12.8 Å². The summed E-state index contributed by atoms with van der Waals surface area (Å²) >= 11 is 0. The number of esters is 1. The van der Waals surface area contributed by atoms with Gasteiger partial charge in [-0.15, -0.1) is 0 Å². The van der Waals surface area contributed by atoms with E-state index in [2.05, 4.69) is 15.0 Å². The minimum atomic E-state index is -0.368. The molecule has 17 heavy (non-hydrogen) atoms. The first-order valence-corrected chi connectivity index (χ1v) is 5.18. The van der Waals surface area contributed by atoms with Crippen molar-refractivity contribution in [3.63, 3.8) is 0 Å². The number of carbonyl (C=O) groups excluding carboxylic acids is 2. The largest absolute Gasteiger partial charge is 0.469 e. The van der Waals surface area contributed by atoms with Gasteiger partial charge in [0.1, 0.15) is 5.69 Å². The summed E-state index contributed by atoms with van der Waals surface area (Å²) in [5, 5.41) is 2.59. The van der Waals surface area contributed by atoms with Gasteiger partial charge < -0.3 is 15.0 Å². The zero-order valence-corrected chi connectivity index (χ0v) is 9.49. The third kappa shape index (κ3) is 4.50. The number of H-pyrrole nitrogens is 1. The number of carbonyl (C=O) groups is 2. The monoisotopic (exact) mass is 238 g/mol. The molecule has 1 amide bonds. The quantitative estimate of drug-likeness (QED) is 0.560. The van der Waals surface area contributed by atoms with Crippen molar-refractivity contribution in [3.8, 4) is 0 Å². The molecular formula is C11H14N2O4. The lowest BCUT2D eigenvalue weighted by molar-refractivity contribution is -0.140. The highest BCUT2D eigenvalue weighted by Gasteiger charge is 2.05. The number of rotatable bonds is 5. The fourth-order valence-corrected chi connectivity index (χ4v) is 1.21. The standard InChI is InChI=1S/C11H14N2O4/c1-17-10(15)6-3-7-12-11(16)8-4-2-5-9(14)13-8/h2,4-5H,3,6-7H2,1H3,(H,12,16)(H,13,14). The summed E-state index contributed by atoms with van der Waals surface area (Å²) in [6, 6.07) is 4.34. The molecule has 0 atom stereocenters. The predicted octanol–water partition coefficient (Wildman–Crippen LogP) is 0.0579. The van der Waals surface area contributed by atoms with Crippen LogP contribution in [0.25, 0.3) is 0 Å². The summed E-state index contributed by atoms with van der Waals surface area (Å²) in [5.74, 6) is -0.681. The molecule has 1 rings (SSSR count). The van der Waals surface area contributed by atoms with E-state index in [0.717, 1.165) is 0 Å². The predicted molar refractivity (Wildman–Crippen MR) is 60.6 cm³/mol. The van der Waals surface area contributed by atoms with Gasteiger partial charge in [-0.3, -0.25) is 14.4 Å². The summed E-state index contributed by atoms with van der Waals surface area (Å²) in [4.78, 5) is 35.7. The lowest BCUT2D eigenvalue weighted by atomic mass is 10.3. The van der Waals surface area contributed by atoms with Crippen LogP contribution in [-0.4, -0.2) is 30.5 Å². The summed E-state index contributed by atoms with van der Waals surface area (Å²) in [7, 11) is 1.32. The normalized spacial score (nSPS) is 9.71. The molecule has 0 fully saturated rings. The van der Waals surface area contributed by atoms with Crippen molar-refractivity contribution in [2.24, 2.45) is 0 Å². The molecule has 0 aliphatic carbocycles. The van der Waals surface area contributed by atoms with E-state index in [1.54, 1.807) is 0 Å². The van der Waals surface area contributed by atoms with Crippen LogP contribution in [0.1, 0.15) is 23.3 Å². The number of nitrogens with one attached hydrogen (secondary N) is 2. The molecule has 0 saturated heterocycles. The molecular weight excluding hydrogens is 224 g/mol. The van der Waals surface area contributed by atoms with E-state index in [9.17, 15) is 14.4 Å². The molecule has 6 heteroatoms. The zero-order chi connectivity index (χ0) is 12.7. The van der Waals surface area contributed by atoms with Crippen LogP contribution in [0.2, 0.25) is 0 Å². The first-order valence-electron chi connectivity index (χ1n) is 5.18. The van der Waals surface area contributed by atoms with Crippen molar-refractivity contribution in [1.82, 2.24) is 10.3 Å². The Kier molecular flexibility index (Phi) is 4.93. The molecule has 1 aromatic rings. The molecule has 0 aliphatic heterocycles. The Morgan fingerprint density at radius 3 is 2.82 bits per heavy atom. The van der Waals surface area contributed by atoms with E-state index in [0.29, 0.717) is 13.0 Å². The van der Waals surface area contributed by atoms with E-state index in [1.165, 1.54) is 25.3 Å². The van der Waals surface area contributed by atoms with Crippen LogP contribution >= 0.6 is 0 Å². The number of methoxy groups -OCH3 is 1. The van der Waals surface area contributed by atoms with Gasteiger partial charge in [0.2, 0.25) is 5.56 Å². The van der Waals surface area contributed by atoms with E-state index in [1.807, 2.05) is 0 Å². The van der Waals surface area contributed by atoms with Crippen molar-refractivity contribution >= 4 is 11.9 Å². The van der Waals surface area contributed by atoms with Gasteiger partial charge in [-0.25, -0.2) is 0 Å². The van der Waals surface area contributed by atoms with E-state index in [4.69, 9.17) is 0 Å². The van der Waals surface area contributed by atoms with Gasteiger partial charge in [0.05, 0.1) is 7.11 Å². The SMILES string of the molecule is COC(=O)CCCNC(=O)c1cccc(=O)[nH]1. The van der Waals surface area contributed by atoms with Gasteiger partial charge in [0.15, 0.2) is 0 Å². The molecule has 1 aromatic heterocycles. The topological polar surface area (TPSA) is 88.3 Å². The number of hydrogen-bond donors (Lipinski definition) is 2. The Hall–Kier alpha value is -2.11. The zero-order valence-electron chi connectivity index (χ0n) is 9.49. The highest BCUT2D eigenvalue weighted by molar-refractivity contribution is 5.92. The third-order valence-electron chi connectivity index (χ3n) is 2.08. The molecule has 92 valence electrons. The van der Waals surface area contributed by atoms with Crippen molar-refractivity contribution in [3.05, 3.63) is 34.2 Å². The second kappa shape index (κ2) is 6.47. The Morgan fingerprint density at radius 2 is 2.18 bits per heavy atom. The second-order valence-corrected chi connectivity index (χ2v) is 3.36. The van der Waals surface area contributed by atoms with Crippen LogP contribution in [0.3, 0.4) is 0 Å². The molecule has 0 bridgehead atoms. The number of aromatic amines is 1. The Balaban J connectivity index is 2.35. The molecule has 1 heterocycles. The van der Waals surface area contributed by atoms with Crippen LogP contribution in [0.5, 0.6) is 0 Å². The van der Waals surface area contributed by atoms with Crippen molar-refractivity contribution < 1.29 is 14.3 Å². The average molecular weight is 238 g/mol. The van der Waals surface area contributed by atoms with Crippen molar-refractivity contribution in [2.75, 3.05) is 13.7 Å². The van der Waals surface area contributed by atoms with Gasteiger partial charge in [-0.05, 0) is 12.5 Å². The fraction of sp³-hybridized carbons (Fsp3) is 0.364. The van der Waals surface area contributed by atoms with Crippen LogP contribution in [0.15, 0.2) is 23.0 Å². The second-order valence-electron chi connectivity index (χ2n) is 3.36. The summed E-state index contributed by atoms with van der Waals surface area (Å²) < 4.78 is 4.46. The maximum absolute atomic E-state index is 11.5. The highest BCUT2D eigenvalue weighted by atomic mass is 16.5. The molecule has 0 saturated carbocycles. The van der Waals surface area contributed by atoms with Crippen LogP contribution in [0, 0.1) is 0 Å². The van der Waals surface area contributed by atoms with Gasteiger partial charge >= 0.3 is 5.97 Å². The Labute approximate surface area is 98.0 Å². The number of amides is 1. The van der Waals surface area contributed by atoms with Gasteiger partial charge in [0.25, 0.3) is 5.91 Å². The molecule has 6 nitrogen and oxygen atoms in total. The molecule has 0 radical (unpaired) electrons. The molecule has 0 aliphatic rings. The van der Waals surface area contributed by atoms with Crippen LogP contribution in [0.4, 0.5) is 0 Å². The lowest BCUT2D eigenvalue weighted by Gasteiger charge is -2.04. The van der Waals surface area contributed by atoms with Crippen molar-refractivity contribution in [1.29, 1.82) is 0 Å². The van der Waals surface area contributed by atoms with Gasteiger partial charge in [-0.1, -0.05) is 6.07 Å². The Morgan fingerprint density at radius 1 is 1.41 bits per heavy atom. The number of aromatic nitrogens is 1. The number of pyridine rings is 1. The number of hydrogen-bond acceptors (Lipinski definition) is 4. The Bertz CT molecular complexity index is 453. The third-order valence-corrected chi connectivity index (χ3v) is 2.08. The summed E-state index contributed by atoms with van der Waals surface area (Å²) in [5.41, 5.74) is -0.122. The van der Waals surface area contributed by atoms with Gasteiger partial charge in [-0.2, -0.15) is 0 Å². The van der Waals surface area contributed by atoms with Crippen LogP contribution in [-0.2, 0) is 9.53 Å². The first-order chi connectivity index (χ1) is 8.13. The fourth-order valence-electron chi connectivity index (χ4n) is 1.21. The average Bonchev–Trinajstić information content (AvgIpc) is 2.34. The molecule has 0 aromatic carbocycles. The maximum atomic E-state index is 11.5. The maximum Gasteiger partial charge on any atom is 0.305 e. The van der Waals surface area contributed by atoms with Gasteiger partial charge in [0, 0.05) is 19.0 Å². The minimum absolute atomic E-state index is 0.204. The van der Waals surface area contributed by atoms with E-state index < -0.39 is 0 Å². The molecule has 0 unspecified atom stereocenters. The highest BCUT2D eigenvalue weighted by Crippen LogP contribution is 1.93. The van der Waals surface area contributed by atoms with E-state index in [-0.39, 0.29) is 29.6 Å². The lowest BCUT2D eigenvalue weighted by Crippen LogP contribution is -2.27. The first kappa shape index (κ1) is 13.0. The number of ether oxygens (including phenoxy) is 1. The van der Waals surface area contributed by atoms with Crippen LogP contribution < -0.4 is 10.9 Å². The smallest absolute Gasteiger partial charge is 0.305 e. The summed E-state index contributed by atoms with van der Waals surface area (Å²) in [6.07, 6.45) is 0.748. The minimum Gasteiger partial charge on any atom is -0.469 e.